The molecule has 1 aromatic carbocycles. The molecule has 62 valence electrons. The number of benzene rings is 1. The summed E-state index contributed by atoms with van der Waals surface area (Å²) in [6.45, 7) is 0. The Kier molecular flexibility index (Phi) is 1.67. The van der Waals surface area contributed by atoms with Gasteiger partial charge in [0.25, 0.3) is 0 Å². The standard InChI is InChI=1S/C10H5FN2/c11-8-1-2-9-7(5-8)3-4-13-10(9)6-12/h1-5H. The van der Waals surface area contributed by atoms with Crippen molar-refractivity contribution >= 4 is 10.8 Å². The quantitative estimate of drug-likeness (QED) is 0.611. The van der Waals surface area contributed by atoms with Gasteiger partial charge in [-0.2, -0.15) is 5.26 Å². The van der Waals surface area contributed by atoms with Gasteiger partial charge in [0, 0.05) is 11.6 Å². The molecule has 0 saturated heterocycles. The first-order valence-corrected chi connectivity index (χ1v) is 3.75. The molecule has 0 amide bonds. The highest BCUT2D eigenvalue weighted by Crippen LogP contribution is 2.16. The van der Waals surface area contributed by atoms with Crippen molar-refractivity contribution < 1.29 is 4.39 Å². The molecule has 13 heavy (non-hydrogen) atoms. The van der Waals surface area contributed by atoms with Crippen LogP contribution in [0.2, 0.25) is 0 Å². The Balaban J connectivity index is 2.87. The van der Waals surface area contributed by atoms with Crippen molar-refractivity contribution in [3.05, 3.63) is 42.0 Å². The van der Waals surface area contributed by atoms with E-state index < -0.39 is 0 Å². The van der Waals surface area contributed by atoms with E-state index in [1.165, 1.54) is 18.3 Å². The summed E-state index contributed by atoms with van der Waals surface area (Å²) < 4.78 is 12.8. The van der Waals surface area contributed by atoms with Crippen molar-refractivity contribution in [3.63, 3.8) is 0 Å². The second-order valence-electron chi connectivity index (χ2n) is 2.64. The fourth-order valence-electron chi connectivity index (χ4n) is 1.24. The molecule has 0 spiro atoms. The fourth-order valence-corrected chi connectivity index (χ4v) is 1.24. The lowest BCUT2D eigenvalue weighted by Gasteiger charge is -1.97. The van der Waals surface area contributed by atoms with Gasteiger partial charge in [0.1, 0.15) is 17.6 Å². The molecule has 0 aliphatic rings. The van der Waals surface area contributed by atoms with Gasteiger partial charge >= 0.3 is 0 Å². The average molecular weight is 172 g/mol. The number of nitriles is 1. The Morgan fingerprint density at radius 1 is 1.31 bits per heavy atom. The molecule has 0 aliphatic carbocycles. The molecule has 2 aromatic rings. The van der Waals surface area contributed by atoms with E-state index in [-0.39, 0.29) is 5.82 Å². The van der Waals surface area contributed by atoms with Crippen molar-refractivity contribution in [1.29, 1.82) is 5.26 Å². The number of halogens is 1. The molecule has 0 saturated carbocycles. The SMILES string of the molecule is N#Cc1nccc2cc(F)ccc12. The minimum absolute atomic E-state index is 0.303. The summed E-state index contributed by atoms with van der Waals surface area (Å²) in [7, 11) is 0. The highest BCUT2D eigenvalue weighted by molar-refractivity contribution is 5.86. The predicted molar refractivity (Wildman–Crippen MR) is 46.4 cm³/mol. The summed E-state index contributed by atoms with van der Waals surface area (Å²) >= 11 is 0. The van der Waals surface area contributed by atoms with E-state index in [0.29, 0.717) is 16.5 Å². The Hall–Kier alpha value is -1.95. The Labute approximate surface area is 74.3 Å². The highest BCUT2D eigenvalue weighted by Gasteiger charge is 2.01. The minimum atomic E-state index is -0.303. The van der Waals surface area contributed by atoms with Gasteiger partial charge < -0.3 is 0 Å². The predicted octanol–water partition coefficient (Wildman–Crippen LogP) is 2.25. The first kappa shape index (κ1) is 7.69. The molecule has 0 radical (unpaired) electrons. The highest BCUT2D eigenvalue weighted by atomic mass is 19.1. The van der Waals surface area contributed by atoms with Gasteiger partial charge in [-0.05, 0) is 29.7 Å². The molecule has 0 atom stereocenters. The topological polar surface area (TPSA) is 36.7 Å². The molecule has 3 heteroatoms. The maximum Gasteiger partial charge on any atom is 0.148 e. The summed E-state index contributed by atoms with van der Waals surface area (Å²) in [6.07, 6.45) is 1.50. The molecule has 1 aromatic heterocycles. The van der Waals surface area contributed by atoms with Crippen LogP contribution in [-0.4, -0.2) is 4.98 Å². The summed E-state index contributed by atoms with van der Waals surface area (Å²) in [6, 6.07) is 7.91. The summed E-state index contributed by atoms with van der Waals surface area (Å²) in [4.78, 5) is 3.87. The van der Waals surface area contributed by atoms with E-state index in [2.05, 4.69) is 4.98 Å². The number of fused-ring (bicyclic) bond motifs is 1. The van der Waals surface area contributed by atoms with Crippen LogP contribution in [0.25, 0.3) is 10.8 Å². The molecule has 0 N–H and O–H groups in total. The van der Waals surface area contributed by atoms with Crippen LogP contribution >= 0.6 is 0 Å². The van der Waals surface area contributed by atoms with Crippen molar-refractivity contribution in [2.24, 2.45) is 0 Å². The minimum Gasteiger partial charge on any atom is -0.245 e. The number of aromatic nitrogens is 1. The van der Waals surface area contributed by atoms with E-state index in [9.17, 15) is 4.39 Å². The molecule has 1 heterocycles. The van der Waals surface area contributed by atoms with Crippen LogP contribution in [0.15, 0.2) is 30.5 Å². The second kappa shape index (κ2) is 2.83. The number of pyridine rings is 1. The van der Waals surface area contributed by atoms with E-state index in [1.807, 2.05) is 6.07 Å². The average Bonchev–Trinajstić information content (AvgIpc) is 2.16. The van der Waals surface area contributed by atoms with Crippen molar-refractivity contribution in [3.8, 4) is 6.07 Å². The number of nitrogens with zero attached hydrogens (tertiary/aromatic N) is 2. The Morgan fingerprint density at radius 2 is 2.15 bits per heavy atom. The van der Waals surface area contributed by atoms with Crippen molar-refractivity contribution in [2.75, 3.05) is 0 Å². The van der Waals surface area contributed by atoms with Gasteiger partial charge in [-0.15, -0.1) is 0 Å². The number of rotatable bonds is 0. The molecular weight excluding hydrogens is 167 g/mol. The Morgan fingerprint density at radius 3 is 2.92 bits per heavy atom. The van der Waals surface area contributed by atoms with E-state index in [1.54, 1.807) is 12.1 Å². The zero-order valence-electron chi connectivity index (χ0n) is 6.66. The third kappa shape index (κ3) is 1.23. The van der Waals surface area contributed by atoms with Crippen molar-refractivity contribution in [2.45, 2.75) is 0 Å². The van der Waals surface area contributed by atoms with Gasteiger partial charge in [-0.1, -0.05) is 0 Å². The molecule has 0 fully saturated rings. The fraction of sp³-hybridized carbons (Fsp3) is 0. The van der Waals surface area contributed by atoms with Gasteiger partial charge in [0.2, 0.25) is 0 Å². The van der Waals surface area contributed by atoms with E-state index >= 15 is 0 Å². The zero-order chi connectivity index (χ0) is 9.26. The first-order chi connectivity index (χ1) is 6.31. The summed E-state index contributed by atoms with van der Waals surface area (Å²) in [5.74, 6) is -0.303. The molecule has 2 nitrogen and oxygen atoms in total. The normalized spacial score (nSPS) is 9.85. The maximum atomic E-state index is 12.8. The molecule has 2 rings (SSSR count). The van der Waals surface area contributed by atoms with Crippen LogP contribution < -0.4 is 0 Å². The van der Waals surface area contributed by atoms with Crippen molar-refractivity contribution in [1.82, 2.24) is 4.98 Å². The summed E-state index contributed by atoms with van der Waals surface area (Å²) in [5.41, 5.74) is 0.331. The van der Waals surface area contributed by atoms with Crippen LogP contribution in [-0.2, 0) is 0 Å². The molecular formula is C10H5FN2. The van der Waals surface area contributed by atoms with Crippen LogP contribution in [0.5, 0.6) is 0 Å². The summed E-state index contributed by atoms with van der Waals surface area (Å²) in [5, 5.41) is 10.1. The Bertz CT molecular complexity index is 500. The smallest absolute Gasteiger partial charge is 0.148 e. The number of hydrogen-bond acceptors (Lipinski definition) is 2. The lowest BCUT2D eigenvalue weighted by molar-refractivity contribution is 0.629. The van der Waals surface area contributed by atoms with Crippen LogP contribution in [0.1, 0.15) is 5.69 Å². The third-order valence-electron chi connectivity index (χ3n) is 1.83. The van der Waals surface area contributed by atoms with E-state index in [0.717, 1.165) is 0 Å². The second-order valence-corrected chi connectivity index (χ2v) is 2.64. The van der Waals surface area contributed by atoms with Crippen LogP contribution in [0, 0.1) is 17.1 Å². The van der Waals surface area contributed by atoms with Crippen LogP contribution in [0.4, 0.5) is 4.39 Å². The maximum absolute atomic E-state index is 12.8. The van der Waals surface area contributed by atoms with Gasteiger partial charge in [0.05, 0.1) is 0 Å². The van der Waals surface area contributed by atoms with Gasteiger partial charge in [-0.3, -0.25) is 0 Å². The lowest BCUT2D eigenvalue weighted by Crippen LogP contribution is -1.85. The van der Waals surface area contributed by atoms with E-state index in [4.69, 9.17) is 5.26 Å². The number of hydrogen-bond donors (Lipinski definition) is 0. The van der Waals surface area contributed by atoms with Gasteiger partial charge in [-0.25, -0.2) is 9.37 Å². The van der Waals surface area contributed by atoms with Crippen LogP contribution in [0.3, 0.4) is 0 Å². The van der Waals surface area contributed by atoms with Gasteiger partial charge in [0.15, 0.2) is 0 Å². The largest absolute Gasteiger partial charge is 0.245 e. The lowest BCUT2D eigenvalue weighted by atomic mass is 10.1. The monoisotopic (exact) mass is 172 g/mol. The zero-order valence-corrected chi connectivity index (χ0v) is 6.66. The first-order valence-electron chi connectivity index (χ1n) is 3.75. The molecule has 0 unspecified atom stereocenters. The third-order valence-corrected chi connectivity index (χ3v) is 1.83. The molecule has 0 bridgehead atoms. The molecule has 0 aliphatic heterocycles.